The summed E-state index contributed by atoms with van der Waals surface area (Å²) in [4.78, 5) is 5.60. The summed E-state index contributed by atoms with van der Waals surface area (Å²) in [7, 11) is 3.28. The molecule has 2 aromatic carbocycles. The number of rotatable bonds is 4. The number of anilines is 1. The maximum absolute atomic E-state index is 6.59. The van der Waals surface area contributed by atoms with Gasteiger partial charge in [-0.15, -0.1) is 11.3 Å². The summed E-state index contributed by atoms with van der Waals surface area (Å²) in [6.07, 6.45) is 1.31. The van der Waals surface area contributed by atoms with Crippen molar-refractivity contribution in [1.82, 2.24) is 14.8 Å². The summed E-state index contributed by atoms with van der Waals surface area (Å²) in [5.74, 6) is 2.87. The predicted octanol–water partition coefficient (Wildman–Crippen LogP) is 4.92. The van der Waals surface area contributed by atoms with E-state index >= 15 is 0 Å². The first-order chi connectivity index (χ1) is 15.8. The van der Waals surface area contributed by atoms with Gasteiger partial charge in [0.2, 0.25) is 5.95 Å². The molecule has 0 unspecified atom stereocenters. The molecule has 0 aliphatic carbocycles. The lowest BCUT2D eigenvalue weighted by atomic mass is 9.86. The molecule has 2 aliphatic rings. The largest absolute Gasteiger partial charge is 0.493 e. The number of aromatic nitrogens is 3. The lowest BCUT2D eigenvalue weighted by molar-refractivity contribution is 0.226. The fraction of sp³-hybridized carbons (Fsp3) is 0.167. The minimum absolute atomic E-state index is 0.232. The molecule has 0 amide bonds. The van der Waals surface area contributed by atoms with Crippen LogP contribution < -0.4 is 19.5 Å². The number of hydrogen-bond acceptors (Lipinski definition) is 7. The minimum atomic E-state index is -0.261. The summed E-state index contributed by atoms with van der Waals surface area (Å²) < 4.78 is 19.5. The molecule has 2 aromatic heterocycles. The SMILES string of the molecule is COc1ccc([C@H]2C3=C(Nc4ncnn42)c2ccccc2O[C@H]3c2cccs2)cc1OC. The highest BCUT2D eigenvalue weighted by Crippen LogP contribution is 2.51. The van der Waals surface area contributed by atoms with Crippen molar-refractivity contribution in [3.8, 4) is 17.2 Å². The van der Waals surface area contributed by atoms with E-state index in [0.717, 1.165) is 33.0 Å². The molecular formula is C24H20N4O3S. The van der Waals surface area contributed by atoms with Crippen molar-refractivity contribution >= 4 is 23.0 Å². The number of nitrogens with zero attached hydrogens (tertiary/aromatic N) is 3. The standard InChI is InChI=1S/C24H20N4O3S/c1-29-17-10-9-14(12-18(17)30-2)22-20-21(27-24-25-13-26-28(22)24)15-6-3-4-7-16(15)31-23(20)19-8-5-11-32-19/h3-13,22-23H,1-2H3,(H,25,26,27)/t22-,23-/m0/s1. The number of ether oxygens (including phenoxy) is 3. The average Bonchev–Trinajstić information content (AvgIpc) is 3.54. The third kappa shape index (κ3) is 2.80. The van der Waals surface area contributed by atoms with E-state index in [1.54, 1.807) is 31.9 Å². The Hall–Kier alpha value is -3.78. The van der Waals surface area contributed by atoms with Crippen LogP contribution in [0.3, 0.4) is 0 Å². The molecule has 4 aromatic rings. The quantitative estimate of drug-likeness (QED) is 0.482. The highest BCUT2D eigenvalue weighted by Gasteiger charge is 2.41. The van der Waals surface area contributed by atoms with Crippen molar-refractivity contribution in [1.29, 1.82) is 0 Å². The van der Waals surface area contributed by atoms with E-state index in [0.29, 0.717) is 17.4 Å². The Morgan fingerprint density at radius 3 is 2.72 bits per heavy atom. The Morgan fingerprint density at radius 1 is 1.03 bits per heavy atom. The molecule has 0 fully saturated rings. The number of methoxy groups -OCH3 is 2. The fourth-order valence-corrected chi connectivity index (χ4v) is 5.21. The van der Waals surface area contributed by atoms with Gasteiger partial charge in [0, 0.05) is 16.0 Å². The number of thiophene rings is 1. The van der Waals surface area contributed by atoms with E-state index in [2.05, 4.69) is 32.9 Å². The predicted molar refractivity (Wildman–Crippen MR) is 122 cm³/mol. The second-order valence-corrected chi connectivity index (χ2v) is 8.49. The Labute approximate surface area is 188 Å². The third-order valence-electron chi connectivity index (χ3n) is 5.85. The van der Waals surface area contributed by atoms with Crippen LogP contribution in [0.25, 0.3) is 5.70 Å². The van der Waals surface area contributed by atoms with Crippen LogP contribution in [0.1, 0.15) is 28.1 Å². The van der Waals surface area contributed by atoms with Gasteiger partial charge in [-0.3, -0.25) is 0 Å². The lowest BCUT2D eigenvalue weighted by Gasteiger charge is -2.38. The van der Waals surface area contributed by atoms with Crippen LogP contribution in [0, 0.1) is 0 Å². The molecule has 0 saturated carbocycles. The number of nitrogens with one attached hydrogen (secondary N) is 1. The molecule has 1 N–H and O–H groups in total. The van der Waals surface area contributed by atoms with Crippen molar-refractivity contribution in [3.05, 3.63) is 87.9 Å². The van der Waals surface area contributed by atoms with Crippen molar-refractivity contribution < 1.29 is 14.2 Å². The number of para-hydroxylation sites is 1. The maximum Gasteiger partial charge on any atom is 0.226 e. The smallest absolute Gasteiger partial charge is 0.226 e. The molecule has 2 aliphatic heterocycles. The molecule has 8 heteroatoms. The van der Waals surface area contributed by atoms with Gasteiger partial charge in [-0.05, 0) is 41.3 Å². The minimum Gasteiger partial charge on any atom is -0.493 e. The summed E-state index contributed by atoms with van der Waals surface area (Å²) in [6, 6.07) is 18.0. The monoisotopic (exact) mass is 444 g/mol. The van der Waals surface area contributed by atoms with Crippen LogP contribution in [0.5, 0.6) is 17.2 Å². The lowest BCUT2D eigenvalue weighted by Crippen LogP contribution is -2.32. The molecule has 7 nitrogen and oxygen atoms in total. The zero-order valence-electron chi connectivity index (χ0n) is 17.5. The summed E-state index contributed by atoms with van der Waals surface area (Å²) in [6.45, 7) is 0. The number of fused-ring (bicyclic) bond motifs is 3. The van der Waals surface area contributed by atoms with Crippen LogP contribution in [0.4, 0.5) is 5.95 Å². The molecule has 0 saturated heterocycles. The highest BCUT2D eigenvalue weighted by atomic mass is 32.1. The summed E-state index contributed by atoms with van der Waals surface area (Å²) in [5.41, 5.74) is 4.10. The van der Waals surface area contributed by atoms with Gasteiger partial charge in [-0.25, -0.2) is 4.68 Å². The molecule has 2 atom stereocenters. The molecule has 160 valence electrons. The number of hydrogen-bond donors (Lipinski definition) is 1. The van der Waals surface area contributed by atoms with Gasteiger partial charge >= 0.3 is 0 Å². The first kappa shape index (κ1) is 18.9. The van der Waals surface area contributed by atoms with Gasteiger partial charge in [0.15, 0.2) is 17.6 Å². The highest BCUT2D eigenvalue weighted by molar-refractivity contribution is 7.10. The normalized spacial score (nSPS) is 18.7. The van der Waals surface area contributed by atoms with Crippen LogP contribution >= 0.6 is 11.3 Å². The van der Waals surface area contributed by atoms with E-state index in [4.69, 9.17) is 14.2 Å². The Bertz CT molecular complexity index is 1330. The maximum atomic E-state index is 6.59. The second kappa shape index (κ2) is 7.42. The zero-order valence-corrected chi connectivity index (χ0v) is 18.3. The van der Waals surface area contributed by atoms with Gasteiger partial charge in [-0.1, -0.05) is 24.3 Å². The van der Waals surface area contributed by atoms with Crippen molar-refractivity contribution in [3.63, 3.8) is 0 Å². The van der Waals surface area contributed by atoms with Crippen molar-refractivity contribution in [2.24, 2.45) is 0 Å². The summed E-state index contributed by atoms with van der Waals surface area (Å²) >= 11 is 1.68. The van der Waals surface area contributed by atoms with E-state index in [1.165, 1.54) is 0 Å². The Morgan fingerprint density at radius 2 is 1.91 bits per heavy atom. The molecule has 6 rings (SSSR count). The summed E-state index contributed by atoms with van der Waals surface area (Å²) in [5, 5.41) is 10.1. The van der Waals surface area contributed by atoms with Crippen LogP contribution in [-0.4, -0.2) is 29.0 Å². The molecule has 0 bridgehead atoms. The molecular weight excluding hydrogens is 424 g/mol. The van der Waals surface area contributed by atoms with Gasteiger partial charge in [0.25, 0.3) is 0 Å². The average molecular weight is 445 g/mol. The van der Waals surface area contributed by atoms with E-state index in [-0.39, 0.29) is 12.1 Å². The first-order valence-electron chi connectivity index (χ1n) is 10.2. The van der Waals surface area contributed by atoms with Gasteiger partial charge in [-0.2, -0.15) is 10.1 Å². The topological polar surface area (TPSA) is 70.4 Å². The third-order valence-corrected chi connectivity index (χ3v) is 6.76. The second-order valence-electron chi connectivity index (χ2n) is 7.51. The molecule has 0 radical (unpaired) electrons. The van der Waals surface area contributed by atoms with Gasteiger partial charge in [0.05, 0.1) is 19.9 Å². The Balaban J connectivity index is 1.62. The van der Waals surface area contributed by atoms with Crippen LogP contribution in [0.15, 0.2) is 71.9 Å². The molecule has 0 spiro atoms. The molecule has 4 heterocycles. The number of benzene rings is 2. The first-order valence-corrected chi connectivity index (χ1v) is 11.1. The van der Waals surface area contributed by atoms with E-state index in [9.17, 15) is 0 Å². The van der Waals surface area contributed by atoms with E-state index in [1.807, 2.05) is 47.1 Å². The fourth-order valence-electron chi connectivity index (χ4n) is 4.44. The van der Waals surface area contributed by atoms with E-state index < -0.39 is 0 Å². The van der Waals surface area contributed by atoms with Crippen LogP contribution in [-0.2, 0) is 0 Å². The van der Waals surface area contributed by atoms with Crippen LogP contribution in [0.2, 0.25) is 0 Å². The molecule has 32 heavy (non-hydrogen) atoms. The van der Waals surface area contributed by atoms with Crippen molar-refractivity contribution in [2.75, 3.05) is 19.5 Å². The van der Waals surface area contributed by atoms with Crippen molar-refractivity contribution in [2.45, 2.75) is 12.1 Å². The Kier molecular flexibility index (Phi) is 4.39. The van der Waals surface area contributed by atoms with Gasteiger partial charge in [0.1, 0.15) is 18.1 Å². The van der Waals surface area contributed by atoms with Gasteiger partial charge < -0.3 is 19.5 Å². The zero-order chi connectivity index (χ0) is 21.7.